The van der Waals surface area contributed by atoms with E-state index >= 15 is 0 Å². The zero-order valence-corrected chi connectivity index (χ0v) is 15.3. The van der Waals surface area contributed by atoms with Crippen LogP contribution in [0.3, 0.4) is 0 Å². The summed E-state index contributed by atoms with van der Waals surface area (Å²) in [5.74, 6) is -0.975. The van der Waals surface area contributed by atoms with Crippen LogP contribution in [0.5, 0.6) is 0 Å². The first kappa shape index (κ1) is 17.0. The molecule has 3 aromatic carbocycles. The van der Waals surface area contributed by atoms with Gasteiger partial charge in [-0.3, -0.25) is 4.79 Å². The largest absolute Gasteiger partial charge is 0.354 e. The van der Waals surface area contributed by atoms with E-state index in [2.05, 4.69) is 10.6 Å². The molecule has 2 aliphatic rings. The van der Waals surface area contributed by atoms with Crippen molar-refractivity contribution in [2.24, 2.45) is 0 Å². The number of carbonyl (C=O) groups excluding carboxylic acids is 1. The van der Waals surface area contributed by atoms with Gasteiger partial charge in [-0.25, -0.2) is 8.78 Å². The minimum absolute atomic E-state index is 0.216. The third-order valence-corrected chi connectivity index (χ3v) is 6.28. The van der Waals surface area contributed by atoms with Crippen LogP contribution in [0.1, 0.15) is 11.1 Å². The smallest absolute Gasteiger partial charge is 0.249 e. The molecule has 138 valence electrons. The van der Waals surface area contributed by atoms with Gasteiger partial charge in [0.05, 0.1) is 5.69 Å². The standard InChI is InChI=1S/C22H14F2N2OS/c23-14-5-3-4-13(10-14)19-12-22(16-6-1-2-7-17(16)26-21(22)27)28-20-11-15(24)8-9-18(20)25-19/h1-12,25H,(H,26,27). The van der Waals surface area contributed by atoms with Crippen molar-refractivity contribution in [2.75, 3.05) is 10.6 Å². The van der Waals surface area contributed by atoms with Gasteiger partial charge < -0.3 is 10.6 Å². The second-order valence-electron chi connectivity index (χ2n) is 6.67. The van der Waals surface area contributed by atoms with Gasteiger partial charge in [0.2, 0.25) is 5.91 Å². The molecular weight excluding hydrogens is 378 g/mol. The third kappa shape index (κ3) is 2.60. The van der Waals surface area contributed by atoms with Gasteiger partial charge in [-0.1, -0.05) is 42.1 Å². The molecule has 0 saturated heterocycles. The fourth-order valence-corrected chi connectivity index (χ4v) is 4.94. The van der Waals surface area contributed by atoms with Crippen LogP contribution >= 0.6 is 11.8 Å². The first-order chi connectivity index (χ1) is 13.5. The van der Waals surface area contributed by atoms with Crippen molar-refractivity contribution in [1.82, 2.24) is 0 Å². The number of fused-ring (bicyclic) bond motifs is 3. The normalized spacial score (nSPS) is 19.9. The number of hydrogen-bond acceptors (Lipinski definition) is 3. The summed E-state index contributed by atoms with van der Waals surface area (Å²) < 4.78 is 26.7. The van der Waals surface area contributed by atoms with Crippen LogP contribution in [0.4, 0.5) is 20.2 Å². The molecule has 1 unspecified atom stereocenters. The fraction of sp³-hybridized carbons (Fsp3) is 0.0455. The molecule has 0 aliphatic carbocycles. The number of hydrogen-bond donors (Lipinski definition) is 2. The van der Waals surface area contributed by atoms with Crippen molar-refractivity contribution < 1.29 is 13.6 Å². The number of para-hydroxylation sites is 1. The Kier molecular flexibility index (Phi) is 3.77. The first-order valence-electron chi connectivity index (χ1n) is 8.70. The number of thioether (sulfide) groups is 1. The summed E-state index contributed by atoms with van der Waals surface area (Å²) in [6.07, 6.45) is 1.80. The van der Waals surface area contributed by atoms with E-state index in [-0.39, 0.29) is 17.5 Å². The number of anilines is 2. The number of nitrogens with one attached hydrogen (secondary N) is 2. The lowest BCUT2D eigenvalue weighted by Crippen LogP contribution is -2.29. The molecule has 1 spiro atoms. The van der Waals surface area contributed by atoms with Gasteiger partial charge in [0, 0.05) is 27.4 Å². The lowest BCUT2D eigenvalue weighted by molar-refractivity contribution is -0.116. The van der Waals surface area contributed by atoms with Gasteiger partial charge in [0.25, 0.3) is 0 Å². The predicted molar refractivity (Wildman–Crippen MR) is 107 cm³/mol. The van der Waals surface area contributed by atoms with Gasteiger partial charge in [0.15, 0.2) is 0 Å². The van der Waals surface area contributed by atoms with Crippen LogP contribution in [-0.4, -0.2) is 5.91 Å². The zero-order chi connectivity index (χ0) is 19.3. The van der Waals surface area contributed by atoms with Gasteiger partial charge >= 0.3 is 0 Å². The highest BCUT2D eigenvalue weighted by atomic mass is 32.2. The second-order valence-corrected chi connectivity index (χ2v) is 7.96. The fourth-order valence-electron chi connectivity index (χ4n) is 3.58. The topological polar surface area (TPSA) is 41.1 Å². The summed E-state index contributed by atoms with van der Waals surface area (Å²) >= 11 is 1.27. The Morgan fingerprint density at radius 1 is 0.821 bits per heavy atom. The Labute approximate surface area is 164 Å². The predicted octanol–water partition coefficient (Wildman–Crippen LogP) is 5.37. The van der Waals surface area contributed by atoms with Crippen LogP contribution in [0, 0.1) is 11.6 Å². The molecule has 3 aromatic rings. The highest BCUT2D eigenvalue weighted by molar-refractivity contribution is 8.01. The van der Waals surface area contributed by atoms with Crippen molar-refractivity contribution in [3.05, 3.63) is 95.6 Å². The van der Waals surface area contributed by atoms with E-state index in [4.69, 9.17) is 0 Å². The van der Waals surface area contributed by atoms with Crippen LogP contribution < -0.4 is 10.6 Å². The average molecular weight is 392 g/mol. The molecule has 5 rings (SSSR count). The molecule has 6 heteroatoms. The molecule has 0 fully saturated rings. The minimum atomic E-state index is -1.09. The van der Waals surface area contributed by atoms with Crippen molar-refractivity contribution in [3.8, 4) is 0 Å². The summed E-state index contributed by atoms with van der Waals surface area (Å²) in [5.41, 5.74) is 3.36. The SMILES string of the molecule is O=C1Nc2ccccc2C12C=C(c1cccc(F)c1)Nc1ccc(F)cc1S2. The van der Waals surface area contributed by atoms with E-state index in [1.165, 1.54) is 36.0 Å². The summed E-state index contributed by atoms with van der Waals surface area (Å²) in [6.45, 7) is 0. The molecular formula is C22H14F2N2OS. The summed E-state index contributed by atoms with van der Waals surface area (Å²) in [7, 11) is 0. The van der Waals surface area contributed by atoms with Crippen molar-refractivity contribution in [2.45, 2.75) is 9.64 Å². The molecule has 1 amide bonds. The number of carbonyl (C=O) groups is 1. The Morgan fingerprint density at radius 3 is 2.50 bits per heavy atom. The molecule has 2 heterocycles. The monoisotopic (exact) mass is 392 g/mol. The number of halogens is 2. The van der Waals surface area contributed by atoms with Gasteiger partial charge in [-0.05, 0) is 42.5 Å². The summed E-state index contributed by atoms with van der Waals surface area (Å²) in [6, 6.07) is 18.0. The van der Waals surface area contributed by atoms with Crippen molar-refractivity contribution in [3.63, 3.8) is 0 Å². The summed E-state index contributed by atoms with van der Waals surface area (Å²) in [5, 5.41) is 6.17. The molecule has 28 heavy (non-hydrogen) atoms. The Bertz CT molecular complexity index is 1160. The van der Waals surface area contributed by atoms with E-state index in [9.17, 15) is 13.6 Å². The Morgan fingerprint density at radius 2 is 1.64 bits per heavy atom. The highest BCUT2D eigenvalue weighted by Gasteiger charge is 2.48. The molecule has 0 bridgehead atoms. The highest BCUT2D eigenvalue weighted by Crippen LogP contribution is 2.54. The number of amides is 1. The van der Waals surface area contributed by atoms with Crippen molar-refractivity contribution >= 4 is 34.7 Å². The van der Waals surface area contributed by atoms with Crippen LogP contribution in [0.25, 0.3) is 5.70 Å². The lowest BCUT2D eigenvalue weighted by Gasteiger charge is -2.22. The Hall–Kier alpha value is -3.12. The maximum absolute atomic E-state index is 14.0. The van der Waals surface area contributed by atoms with Crippen LogP contribution in [0.15, 0.2) is 77.7 Å². The van der Waals surface area contributed by atoms with E-state index in [0.29, 0.717) is 21.8 Å². The maximum atomic E-state index is 14.0. The Balaban J connectivity index is 1.78. The van der Waals surface area contributed by atoms with E-state index < -0.39 is 4.75 Å². The third-order valence-electron chi connectivity index (χ3n) is 4.88. The first-order valence-corrected chi connectivity index (χ1v) is 9.52. The van der Waals surface area contributed by atoms with E-state index in [0.717, 1.165) is 11.3 Å². The van der Waals surface area contributed by atoms with Gasteiger partial charge in [-0.15, -0.1) is 0 Å². The lowest BCUT2D eigenvalue weighted by atomic mass is 9.96. The quantitative estimate of drug-likeness (QED) is 0.585. The molecule has 1 atom stereocenters. The van der Waals surface area contributed by atoms with Gasteiger partial charge in [0.1, 0.15) is 16.4 Å². The van der Waals surface area contributed by atoms with Crippen LogP contribution in [0.2, 0.25) is 0 Å². The zero-order valence-electron chi connectivity index (χ0n) is 14.5. The van der Waals surface area contributed by atoms with E-state index in [1.807, 2.05) is 24.3 Å². The average Bonchev–Trinajstić information content (AvgIpc) is 2.84. The maximum Gasteiger partial charge on any atom is 0.249 e. The molecule has 0 aromatic heterocycles. The molecule has 0 saturated carbocycles. The molecule has 0 radical (unpaired) electrons. The van der Waals surface area contributed by atoms with Crippen LogP contribution in [-0.2, 0) is 9.54 Å². The molecule has 2 aliphatic heterocycles. The van der Waals surface area contributed by atoms with Crippen molar-refractivity contribution in [1.29, 1.82) is 0 Å². The van der Waals surface area contributed by atoms with E-state index in [1.54, 1.807) is 24.3 Å². The second kappa shape index (κ2) is 6.21. The van der Waals surface area contributed by atoms with Gasteiger partial charge in [-0.2, -0.15) is 0 Å². The molecule has 3 nitrogen and oxygen atoms in total. The summed E-state index contributed by atoms with van der Waals surface area (Å²) in [4.78, 5) is 13.7. The number of rotatable bonds is 1. The number of benzene rings is 3. The minimum Gasteiger partial charge on any atom is -0.354 e. The molecule has 2 N–H and O–H groups in total.